The second-order valence-electron chi connectivity index (χ2n) is 8.21. The molecule has 1 saturated heterocycles. The first-order valence-electron chi connectivity index (χ1n) is 11.5. The van der Waals surface area contributed by atoms with Crippen molar-refractivity contribution in [1.29, 1.82) is 0 Å². The minimum absolute atomic E-state index is 0.265. The van der Waals surface area contributed by atoms with E-state index in [1.165, 1.54) is 64.2 Å². The molecule has 0 saturated carbocycles. The number of esters is 1. The fraction of sp³-hybridized carbons (Fsp3) is 0.955. The highest BCUT2D eigenvalue weighted by molar-refractivity contribution is 5.69. The normalized spacial score (nSPS) is 27.1. The number of aliphatic hydroxyl groups excluding tert-OH is 4. The monoisotopic (exact) mass is 418 g/mol. The predicted molar refractivity (Wildman–Crippen MR) is 110 cm³/mol. The Bertz CT molecular complexity index is 418. The Hall–Kier alpha value is -0.730. The molecule has 1 aliphatic heterocycles. The zero-order chi connectivity index (χ0) is 21.5. The molecule has 172 valence electrons. The highest BCUT2D eigenvalue weighted by Crippen LogP contribution is 2.20. The quantitative estimate of drug-likeness (QED) is 0.225. The van der Waals surface area contributed by atoms with Crippen LogP contribution in [0.1, 0.15) is 96.8 Å². The lowest BCUT2D eigenvalue weighted by Gasteiger charge is -2.37. The number of ether oxygens (including phenoxy) is 2. The van der Waals surface area contributed by atoms with Gasteiger partial charge < -0.3 is 29.9 Å². The fourth-order valence-corrected chi connectivity index (χ4v) is 3.60. The van der Waals surface area contributed by atoms with Gasteiger partial charge in [-0.1, -0.05) is 84.0 Å². The first kappa shape index (κ1) is 26.3. The third-order valence-corrected chi connectivity index (χ3v) is 5.58. The summed E-state index contributed by atoms with van der Waals surface area (Å²) < 4.78 is 10.0. The Kier molecular flexibility index (Phi) is 14.5. The number of hydrogen-bond acceptors (Lipinski definition) is 7. The average molecular weight is 419 g/mol. The minimum atomic E-state index is -1.61. The van der Waals surface area contributed by atoms with E-state index in [-0.39, 0.29) is 12.6 Å². The van der Waals surface area contributed by atoms with Gasteiger partial charge in [-0.05, 0) is 6.42 Å². The molecule has 0 aromatic heterocycles. The second kappa shape index (κ2) is 16.0. The van der Waals surface area contributed by atoms with E-state index in [0.29, 0.717) is 6.42 Å². The summed E-state index contributed by atoms with van der Waals surface area (Å²) in [5, 5.41) is 38.3. The minimum Gasteiger partial charge on any atom is -0.463 e. The first-order chi connectivity index (χ1) is 14.0. The van der Waals surface area contributed by atoms with Crippen molar-refractivity contribution in [2.45, 2.75) is 128 Å². The molecule has 0 aromatic carbocycles. The average Bonchev–Trinajstić information content (AvgIpc) is 2.71. The molecule has 4 N–H and O–H groups in total. The summed E-state index contributed by atoms with van der Waals surface area (Å²) in [5.41, 5.74) is 0. The van der Waals surface area contributed by atoms with Crippen LogP contribution in [0.25, 0.3) is 0 Å². The predicted octanol–water partition coefficient (Wildman–Crippen LogP) is 2.81. The standard InChI is InChI=1S/C22H42O7/c1-2-3-4-5-6-7-8-9-10-11-12-13-14-15-18(23)28-16-17-19(24)20(25)21(26)22(27)29-17/h17,19-22,24-27H,2-16H2,1H3/t17-,19-,20+,21-,22+/m1/s1. The molecule has 0 spiro atoms. The van der Waals surface area contributed by atoms with Crippen LogP contribution >= 0.6 is 0 Å². The van der Waals surface area contributed by atoms with Crippen LogP contribution in [-0.2, 0) is 14.3 Å². The van der Waals surface area contributed by atoms with Crippen molar-refractivity contribution in [3.05, 3.63) is 0 Å². The van der Waals surface area contributed by atoms with Gasteiger partial charge in [-0.25, -0.2) is 0 Å². The van der Waals surface area contributed by atoms with Gasteiger partial charge in [-0.3, -0.25) is 4.79 Å². The highest BCUT2D eigenvalue weighted by Gasteiger charge is 2.43. The third kappa shape index (κ3) is 11.3. The van der Waals surface area contributed by atoms with Gasteiger partial charge >= 0.3 is 5.97 Å². The number of hydrogen-bond donors (Lipinski definition) is 4. The molecule has 0 radical (unpaired) electrons. The van der Waals surface area contributed by atoms with E-state index >= 15 is 0 Å². The van der Waals surface area contributed by atoms with E-state index in [1.807, 2.05) is 0 Å². The summed E-state index contributed by atoms with van der Waals surface area (Å²) >= 11 is 0. The van der Waals surface area contributed by atoms with Gasteiger partial charge in [-0.2, -0.15) is 0 Å². The molecular formula is C22H42O7. The molecule has 0 aromatic rings. The largest absolute Gasteiger partial charge is 0.463 e. The molecule has 5 atom stereocenters. The molecule has 29 heavy (non-hydrogen) atoms. The lowest BCUT2D eigenvalue weighted by atomic mass is 9.99. The van der Waals surface area contributed by atoms with Gasteiger partial charge in [0.05, 0.1) is 0 Å². The maximum Gasteiger partial charge on any atom is 0.305 e. The van der Waals surface area contributed by atoms with Gasteiger partial charge in [-0.15, -0.1) is 0 Å². The van der Waals surface area contributed by atoms with E-state index in [1.54, 1.807) is 0 Å². The molecule has 0 amide bonds. The molecule has 1 rings (SSSR count). The van der Waals surface area contributed by atoms with E-state index in [4.69, 9.17) is 9.47 Å². The Labute approximate surface area is 175 Å². The van der Waals surface area contributed by atoms with Crippen LogP contribution in [0.15, 0.2) is 0 Å². The lowest BCUT2D eigenvalue weighted by Crippen LogP contribution is -2.58. The molecule has 7 nitrogen and oxygen atoms in total. The van der Waals surface area contributed by atoms with Crippen LogP contribution in [0.3, 0.4) is 0 Å². The Morgan fingerprint density at radius 3 is 1.72 bits per heavy atom. The first-order valence-corrected chi connectivity index (χ1v) is 11.5. The smallest absolute Gasteiger partial charge is 0.305 e. The maximum atomic E-state index is 11.8. The van der Waals surface area contributed by atoms with Crippen LogP contribution in [0.4, 0.5) is 0 Å². The number of rotatable bonds is 16. The molecule has 7 heteroatoms. The molecule has 0 bridgehead atoms. The van der Waals surface area contributed by atoms with Gasteiger partial charge in [0.25, 0.3) is 0 Å². The third-order valence-electron chi connectivity index (χ3n) is 5.58. The summed E-state index contributed by atoms with van der Waals surface area (Å²) in [4.78, 5) is 11.8. The second-order valence-corrected chi connectivity index (χ2v) is 8.21. The summed E-state index contributed by atoms with van der Waals surface area (Å²) in [6, 6.07) is 0. The van der Waals surface area contributed by atoms with Crippen LogP contribution in [0.2, 0.25) is 0 Å². The van der Waals surface area contributed by atoms with E-state index in [9.17, 15) is 25.2 Å². The van der Waals surface area contributed by atoms with E-state index in [2.05, 4.69) is 6.92 Å². The lowest BCUT2D eigenvalue weighted by molar-refractivity contribution is -0.287. The van der Waals surface area contributed by atoms with Crippen LogP contribution in [-0.4, -0.2) is 63.7 Å². The zero-order valence-electron chi connectivity index (χ0n) is 18.0. The van der Waals surface area contributed by atoms with Gasteiger partial charge in [0.2, 0.25) is 0 Å². The van der Waals surface area contributed by atoms with Gasteiger partial charge in [0, 0.05) is 6.42 Å². The highest BCUT2D eigenvalue weighted by atomic mass is 16.6. The number of aliphatic hydroxyl groups is 4. The molecular weight excluding hydrogens is 376 g/mol. The molecule has 0 aliphatic carbocycles. The SMILES string of the molecule is CCCCCCCCCCCCCCCC(=O)OC[C@H]1O[C@H](O)[C@H](O)[C@@H](O)[C@@H]1O. The summed E-state index contributed by atoms with van der Waals surface area (Å²) in [7, 11) is 0. The van der Waals surface area contributed by atoms with Gasteiger partial charge in [0.15, 0.2) is 6.29 Å². The van der Waals surface area contributed by atoms with E-state index < -0.39 is 30.7 Å². The number of unbranched alkanes of at least 4 members (excludes halogenated alkanes) is 12. The molecule has 1 fully saturated rings. The van der Waals surface area contributed by atoms with Gasteiger partial charge in [0.1, 0.15) is 31.0 Å². The topological polar surface area (TPSA) is 116 Å². The summed E-state index contributed by atoms with van der Waals surface area (Å²) in [6.45, 7) is 1.98. The van der Waals surface area contributed by atoms with Crippen molar-refractivity contribution in [2.24, 2.45) is 0 Å². The molecule has 1 heterocycles. The van der Waals surface area contributed by atoms with Crippen molar-refractivity contribution in [2.75, 3.05) is 6.61 Å². The summed E-state index contributed by atoms with van der Waals surface area (Å²) in [6.07, 6.45) is 9.16. The van der Waals surface area contributed by atoms with Crippen LogP contribution < -0.4 is 0 Å². The Morgan fingerprint density at radius 2 is 1.21 bits per heavy atom. The van der Waals surface area contributed by atoms with Crippen molar-refractivity contribution < 1.29 is 34.7 Å². The van der Waals surface area contributed by atoms with Crippen molar-refractivity contribution in [3.63, 3.8) is 0 Å². The molecule has 1 aliphatic rings. The van der Waals surface area contributed by atoms with Crippen LogP contribution in [0, 0.1) is 0 Å². The summed E-state index contributed by atoms with van der Waals surface area (Å²) in [5.74, 6) is -0.390. The Balaban J connectivity index is 1.93. The zero-order valence-corrected chi connectivity index (χ0v) is 18.0. The Morgan fingerprint density at radius 1 is 0.724 bits per heavy atom. The number of carbonyl (C=O) groups is 1. The van der Waals surface area contributed by atoms with Crippen molar-refractivity contribution >= 4 is 5.97 Å². The number of carbonyl (C=O) groups excluding carboxylic acids is 1. The molecule has 0 unspecified atom stereocenters. The van der Waals surface area contributed by atoms with Crippen molar-refractivity contribution in [3.8, 4) is 0 Å². The fourth-order valence-electron chi connectivity index (χ4n) is 3.60. The van der Waals surface area contributed by atoms with E-state index in [0.717, 1.165) is 19.3 Å². The van der Waals surface area contributed by atoms with Crippen molar-refractivity contribution in [1.82, 2.24) is 0 Å². The van der Waals surface area contributed by atoms with Crippen LogP contribution in [0.5, 0.6) is 0 Å². The maximum absolute atomic E-state index is 11.8.